The first-order valence-corrected chi connectivity index (χ1v) is 8.21. The van der Waals surface area contributed by atoms with Gasteiger partial charge in [0.05, 0.1) is 16.5 Å². The zero-order valence-corrected chi connectivity index (χ0v) is 12.5. The number of hydrogen-bond acceptors (Lipinski definition) is 5. The van der Waals surface area contributed by atoms with Crippen molar-refractivity contribution in [1.82, 2.24) is 15.3 Å². The first-order valence-electron chi connectivity index (χ1n) is 6.56. The molecule has 21 heavy (non-hydrogen) atoms. The van der Waals surface area contributed by atoms with Crippen LogP contribution in [0.2, 0.25) is 0 Å². The van der Waals surface area contributed by atoms with Crippen LogP contribution in [0.25, 0.3) is 10.9 Å². The summed E-state index contributed by atoms with van der Waals surface area (Å²) in [6.45, 7) is 3.23. The van der Waals surface area contributed by atoms with Crippen LogP contribution in [-0.2, 0) is 9.84 Å². The third kappa shape index (κ3) is 2.08. The van der Waals surface area contributed by atoms with Crippen LogP contribution in [-0.4, -0.2) is 40.8 Å². The molecule has 110 valence electrons. The van der Waals surface area contributed by atoms with Crippen LogP contribution in [0, 0.1) is 0 Å². The van der Waals surface area contributed by atoms with Crippen molar-refractivity contribution in [2.24, 2.45) is 0 Å². The number of nitrogens with one attached hydrogen (secondary N) is 1. The molecule has 0 aromatic carbocycles. The van der Waals surface area contributed by atoms with Gasteiger partial charge < -0.3 is 5.32 Å². The molecule has 7 heteroatoms. The van der Waals surface area contributed by atoms with Gasteiger partial charge in [0.1, 0.15) is 5.52 Å². The third-order valence-corrected chi connectivity index (χ3v) is 6.73. The molecule has 2 aromatic rings. The van der Waals surface area contributed by atoms with Crippen LogP contribution >= 0.6 is 0 Å². The summed E-state index contributed by atoms with van der Waals surface area (Å²) in [5, 5.41) is 3.57. The monoisotopic (exact) mass is 305 g/mol. The smallest absolute Gasteiger partial charge is 0.272 e. The highest BCUT2D eigenvalue weighted by atomic mass is 32.2. The van der Waals surface area contributed by atoms with Crippen LogP contribution in [0.3, 0.4) is 0 Å². The summed E-state index contributed by atoms with van der Waals surface area (Å²) in [4.78, 5) is 20.6. The lowest BCUT2D eigenvalue weighted by Gasteiger charge is -2.43. The quantitative estimate of drug-likeness (QED) is 0.891. The standard InChI is InChI=1S/C14H15N3O3S/c1-14(2)10(8-21(14,19)20)17-13(18)12-11-9(5-7-16-12)4-3-6-15-11/h3-7,10H,8H2,1-2H3,(H,17,18)/t10-/m0/s1. The maximum Gasteiger partial charge on any atom is 0.272 e. The Morgan fingerprint density at radius 1 is 1.29 bits per heavy atom. The van der Waals surface area contributed by atoms with Crippen molar-refractivity contribution >= 4 is 26.6 Å². The van der Waals surface area contributed by atoms with Gasteiger partial charge in [-0.2, -0.15) is 0 Å². The normalized spacial score (nSPS) is 22.5. The number of rotatable bonds is 2. The molecule has 1 N–H and O–H groups in total. The van der Waals surface area contributed by atoms with Crippen molar-refractivity contribution in [2.45, 2.75) is 24.6 Å². The largest absolute Gasteiger partial charge is 0.345 e. The molecule has 1 saturated heterocycles. The van der Waals surface area contributed by atoms with Crippen molar-refractivity contribution in [2.75, 3.05) is 5.75 Å². The third-order valence-electron chi connectivity index (χ3n) is 4.07. The summed E-state index contributed by atoms with van der Waals surface area (Å²) in [5.41, 5.74) is 0.727. The van der Waals surface area contributed by atoms with Gasteiger partial charge in [0.25, 0.3) is 5.91 Å². The molecule has 6 nitrogen and oxygen atoms in total. The van der Waals surface area contributed by atoms with Crippen LogP contribution in [0.15, 0.2) is 30.6 Å². The van der Waals surface area contributed by atoms with E-state index in [1.807, 2.05) is 6.07 Å². The van der Waals surface area contributed by atoms with E-state index in [9.17, 15) is 13.2 Å². The van der Waals surface area contributed by atoms with Gasteiger partial charge in [0.2, 0.25) is 0 Å². The highest BCUT2D eigenvalue weighted by Gasteiger charge is 2.54. The molecule has 1 amide bonds. The van der Waals surface area contributed by atoms with Crippen molar-refractivity contribution in [1.29, 1.82) is 0 Å². The predicted octanol–water partition coefficient (Wildman–Crippen LogP) is 0.935. The van der Waals surface area contributed by atoms with Gasteiger partial charge in [-0.25, -0.2) is 13.4 Å². The Balaban J connectivity index is 1.90. The van der Waals surface area contributed by atoms with Crippen molar-refractivity contribution in [3.63, 3.8) is 0 Å². The van der Waals surface area contributed by atoms with Crippen LogP contribution in [0.5, 0.6) is 0 Å². The highest BCUT2D eigenvalue weighted by molar-refractivity contribution is 7.94. The average Bonchev–Trinajstić information content (AvgIpc) is 2.45. The number of aromatic nitrogens is 2. The van der Waals surface area contributed by atoms with E-state index in [4.69, 9.17) is 0 Å². The minimum Gasteiger partial charge on any atom is -0.345 e. The summed E-state index contributed by atoms with van der Waals surface area (Å²) in [5.74, 6) is -0.434. The minimum absolute atomic E-state index is 0.0378. The predicted molar refractivity (Wildman–Crippen MR) is 78.7 cm³/mol. The molecule has 1 aliphatic rings. The number of nitrogens with zero attached hydrogens (tertiary/aromatic N) is 2. The molecule has 3 rings (SSSR count). The molecule has 0 aliphatic carbocycles. The number of fused-ring (bicyclic) bond motifs is 1. The Bertz CT molecular complexity index is 825. The molecule has 1 atom stereocenters. The molecule has 0 spiro atoms. The molecule has 1 aliphatic heterocycles. The second kappa shape index (κ2) is 4.49. The lowest BCUT2D eigenvalue weighted by Crippen LogP contribution is -2.66. The first kappa shape index (κ1) is 13.9. The zero-order valence-electron chi connectivity index (χ0n) is 11.7. The van der Waals surface area contributed by atoms with E-state index in [1.165, 1.54) is 0 Å². The zero-order chi connectivity index (χ0) is 15.3. The average molecular weight is 305 g/mol. The molecule has 0 saturated carbocycles. The van der Waals surface area contributed by atoms with E-state index >= 15 is 0 Å². The van der Waals surface area contributed by atoms with Gasteiger partial charge in [-0.3, -0.25) is 9.78 Å². The summed E-state index contributed by atoms with van der Waals surface area (Å²) in [6, 6.07) is 5.00. The minimum atomic E-state index is -3.13. The first-order chi connectivity index (χ1) is 9.83. The molecule has 3 heterocycles. The maximum absolute atomic E-state index is 12.4. The number of amides is 1. The van der Waals surface area contributed by atoms with Crippen LogP contribution in [0.1, 0.15) is 24.3 Å². The van der Waals surface area contributed by atoms with E-state index < -0.39 is 26.5 Å². The lowest BCUT2D eigenvalue weighted by molar-refractivity contribution is 0.0925. The second-order valence-electron chi connectivity index (χ2n) is 5.65. The number of carbonyl (C=O) groups excluding carboxylic acids is 1. The van der Waals surface area contributed by atoms with Gasteiger partial charge in [-0.1, -0.05) is 6.07 Å². The maximum atomic E-state index is 12.4. The van der Waals surface area contributed by atoms with Gasteiger partial charge in [0, 0.05) is 17.8 Å². The number of pyridine rings is 2. The van der Waals surface area contributed by atoms with E-state index in [0.717, 1.165) is 5.39 Å². The SMILES string of the molecule is CC1(C)[C@@H](NC(=O)c2nccc3cccnc23)CS1(=O)=O. The van der Waals surface area contributed by atoms with Gasteiger partial charge in [-0.05, 0) is 26.0 Å². The van der Waals surface area contributed by atoms with Gasteiger partial charge in [0.15, 0.2) is 15.5 Å². The molecule has 2 aromatic heterocycles. The van der Waals surface area contributed by atoms with Gasteiger partial charge >= 0.3 is 0 Å². The van der Waals surface area contributed by atoms with E-state index in [-0.39, 0.29) is 11.4 Å². The van der Waals surface area contributed by atoms with Crippen molar-refractivity contribution < 1.29 is 13.2 Å². The highest BCUT2D eigenvalue weighted by Crippen LogP contribution is 2.33. The fraction of sp³-hybridized carbons (Fsp3) is 0.357. The number of sulfone groups is 1. The fourth-order valence-electron chi connectivity index (χ4n) is 2.36. The Hall–Kier alpha value is -2.02. The molecule has 1 fully saturated rings. The van der Waals surface area contributed by atoms with Crippen molar-refractivity contribution in [3.8, 4) is 0 Å². The molecular weight excluding hydrogens is 290 g/mol. The Labute approximate surface area is 122 Å². The summed E-state index contributed by atoms with van der Waals surface area (Å²) in [6.07, 6.45) is 3.14. The number of carbonyl (C=O) groups is 1. The second-order valence-corrected chi connectivity index (χ2v) is 8.26. The fourth-order valence-corrected chi connectivity index (χ4v) is 4.01. The molecule has 0 radical (unpaired) electrons. The Morgan fingerprint density at radius 2 is 2.05 bits per heavy atom. The summed E-state index contributed by atoms with van der Waals surface area (Å²) >= 11 is 0. The van der Waals surface area contributed by atoms with E-state index in [2.05, 4.69) is 15.3 Å². The van der Waals surface area contributed by atoms with Gasteiger partial charge in [-0.15, -0.1) is 0 Å². The Morgan fingerprint density at radius 3 is 2.71 bits per heavy atom. The van der Waals surface area contributed by atoms with Crippen LogP contribution < -0.4 is 5.32 Å². The van der Waals surface area contributed by atoms with E-state index in [1.54, 1.807) is 38.4 Å². The topological polar surface area (TPSA) is 89.0 Å². The van der Waals surface area contributed by atoms with E-state index in [0.29, 0.717) is 5.52 Å². The molecule has 0 unspecified atom stereocenters. The summed E-state index contributed by atoms with van der Waals surface area (Å²) < 4.78 is 22.5. The molecule has 0 bridgehead atoms. The molecular formula is C14H15N3O3S. The lowest BCUT2D eigenvalue weighted by atomic mass is 10.0. The summed E-state index contributed by atoms with van der Waals surface area (Å²) in [7, 11) is -3.13. The van der Waals surface area contributed by atoms with Crippen molar-refractivity contribution in [3.05, 3.63) is 36.3 Å². The Kier molecular flexibility index (Phi) is 2.98. The van der Waals surface area contributed by atoms with Crippen LogP contribution in [0.4, 0.5) is 0 Å². The number of hydrogen-bond donors (Lipinski definition) is 1.